The highest BCUT2D eigenvalue weighted by Crippen LogP contribution is 2.24. The van der Waals surface area contributed by atoms with Gasteiger partial charge in [-0.2, -0.15) is 0 Å². The highest BCUT2D eigenvalue weighted by molar-refractivity contribution is 5.90. The van der Waals surface area contributed by atoms with Crippen LogP contribution >= 0.6 is 0 Å². The van der Waals surface area contributed by atoms with E-state index in [1.54, 1.807) is 20.8 Å². The summed E-state index contributed by atoms with van der Waals surface area (Å²) in [6.45, 7) is 12.4. The van der Waals surface area contributed by atoms with Gasteiger partial charge in [0.25, 0.3) is 0 Å². The summed E-state index contributed by atoms with van der Waals surface area (Å²) >= 11 is 0. The van der Waals surface area contributed by atoms with Crippen LogP contribution < -0.4 is 10.6 Å². The molecule has 1 aromatic rings. The first-order valence-corrected chi connectivity index (χ1v) is 9.55. The number of hydrogen-bond acceptors (Lipinski definition) is 4. The van der Waals surface area contributed by atoms with E-state index >= 15 is 0 Å². The lowest BCUT2D eigenvalue weighted by Crippen LogP contribution is -2.51. The van der Waals surface area contributed by atoms with Crippen molar-refractivity contribution in [2.75, 3.05) is 6.54 Å². The van der Waals surface area contributed by atoms with Crippen molar-refractivity contribution >= 4 is 17.9 Å². The minimum Gasteiger partial charge on any atom is -0.444 e. The number of ether oxygens (including phenoxy) is 1. The van der Waals surface area contributed by atoms with Crippen LogP contribution in [0.25, 0.3) is 0 Å². The molecule has 0 fully saturated rings. The number of rotatable bonds is 7. The zero-order valence-electron chi connectivity index (χ0n) is 17.9. The second kappa shape index (κ2) is 10.1. The van der Waals surface area contributed by atoms with E-state index in [2.05, 4.69) is 10.6 Å². The van der Waals surface area contributed by atoms with Crippen molar-refractivity contribution in [3.8, 4) is 0 Å². The highest BCUT2D eigenvalue weighted by atomic mass is 16.6. The van der Waals surface area contributed by atoms with E-state index in [-0.39, 0.29) is 30.4 Å². The van der Waals surface area contributed by atoms with Crippen molar-refractivity contribution in [3.63, 3.8) is 0 Å². The lowest BCUT2D eigenvalue weighted by Gasteiger charge is -2.35. The molecule has 0 aromatic heterocycles. The van der Waals surface area contributed by atoms with Crippen LogP contribution in [0.5, 0.6) is 0 Å². The van der Waals surface area contributed by atoms with Crippen molar-refractivity contribution in [1.82, 2.24) is 15.5 Å². The third-order valence-electron chi connectivity index (χ3n) is 3.70. The molecule has 1 rings (SSSR count). The Kier molecular flexibility index (Phi) is 8.47. The van der Waals surface area contributed by atoms with Crippen molar-refractivity contribution in [2.45, 2.75) is 72.2 Å². The Labute approximate surface area is 167 Å². The van der Waals surface area contributed by atoms with Crippen LogP contribution in [-0.4, -0.2) is 47.0 Å². The molecule has 1 atom stereocenters. The Balaban J connectivity index is 3.06. The van der Waals surface area contributed by atoms with E-state index in [0.717, 1.165) is 0 Å². The number of amides is 3. The molecule has 0 bridgehead atoms. The molecule has 156 valence electrons. The average molecular weight is 392 g/mol. The predicted octanol–water partition coefficient (Wildman–Crippen LogP) is 3.01. The van der Waals surface area contributed by atoms with Crippen LogP contribution in [0.2, 0.25) is 0 Å². The molecule has 28 heavy (non-hydrogen) atoms. The number of alkyl carbamates (subject to hydrolysis) is 1. The van der Waals surface area contributed by atoms with Crippen molar-refractivity contribution in [3.05, 3.63) is 35.9 Å². The third-order valence-corrected chi connectivity index (χ3v) is 3.70. The van der Waals surface area contributed by atoms with Crippen LogP contribution in [0.15, 0.2) is 30.3 Å². The number of hydrogen-bond donors (Lipinski definition) is 2. The molecular formula is C21H33N3O4. The molecule has 7 heteroatoms. The van der Waals surface area contributed by atoms with Gasteiger partial charge in [-0.1, -0.05) is 30.3 Å². The highest BCUT2D eigenvalue weighted by Gasteiger charge is 2.33. The van der Waals surface area contributed by atoms with E-state index in [0.29, 0.717) is 5.56 Å². The van der Waals surface area contributed by atoms with Crippen LogP contribution in [-0.2, 0) is 14.3 Å². The fraction of sp³-hybridized carbons (Fsp3) is 0.571. The standard InChI is InChI=1S/C21H33N3O4/c1-14(2)23-19(26)18(16-11-9-8-10-12-16)24(15(3)4)17(25)13-22-20(27)28-21(5,6)7/h8-12,14-15,18H,13H2,1-7H3,(H,22,27)(H,23,26). The van der Waals surface area contributed by atoms with Crippen LogP contribution in [0.3, 0.4) is 0 Å². The van der Waals surface area contributed by atoms with Crippen molar-refractivity contribution in [1.29, 1.82) is 0 Å². The van der Waals surface area contributed by atoms with Gasteiger partial charge in [-0.15, -0.1) is 0 Å². The van der Waals surface area contributed by atoms with Gasteiger partial charge in [-0.25, -0.2) is 4.79 Å². The fourth-order valence-electron chi connectivity index (χ4n) is 2.72. The molecule has 0 saturated heterocycles. The molecule has 7 nitrogen and oxygen atoms in total. The summed E-state index contributed by atoms with van der Waals surface area (Å²) in [5, 5.41) is 5.36. The predicted molar refractivity (Wildman–Crippen MR) is 109 cm³/mol. The van der Waals surface area contributed by atoms with Crippen LogP contribution in [0.4, 0.5) is 4.79 Å². The van der Waals surface area contributed by atoms with Crippen molar-refractivity contribution < 1.29 is 19.1 Å². The van der Waals surface area contributed by atoms with E-state index in [4.69, 9.17) is 4.74 Å². The summed E-state index contributed by atoms with van der Waals surface area (Å²) in [5.41, 5.74) is 0.0502. The van der Waals surface area contributed by atoms with E-state index in [1.807, 2.05) is 58.0 Å². The van der Waals surface area contributed by atoms with Gasteiger partial charge in [0, 0.05) is 12.1 Å². The molecule has 0 aliphatic carbocycles. The average Bonchev–Trinajstić information content (AvgIpc) is 2.55. The van der Waals surface area contributed by atoms with Gasteiger partial charge in [0.05, 0.1) is 0 Å². The molecule has 0 radical (unpaired) electrons. The number of nitrogens with one attached hydrogen (secondary N) is 2. The Bertz CT molecular complexity index is 666. The summed E-state index contributed by atoms with van der Waals surface area (Å²) < 4.78 is 5.17. The summed E-state index contributed by atoms with van der Waals surface area (Å²) in [4.78, 5) is 39.2. The fourth-order valence-corrected chi connectivity index (χ4v) is 2.72. The summed E-state index contributed by atoms with van der Waals surface area (Å²) in [6, 6.07) is 8.02. The van der Waals surface area contributed by atoms with Gasteiger partial charge in [-0.05, 0) is 54.0 Å². The number of nitrogens with zero attached hydrogens (tertiary/aromatic N) is 1. The van der Waals surface area contributed by atoms with Gasteiger partial charge in [0.15, 0.2) is 0 Å². The Morgan fingerprint density at radius 3 is 2.07 bits per heavy atom. The Morgan fingerprint density at radius 2 is 1.61 bits per heavy atom. The maximum Gasteiger partial charge on any atom is 0.408 e. The molecule has 2 N–H and O–H groups in total. The quantitative estimate of drug-likeness (QED) is 0.748. The summed E-state index contributed by atoms with van der Waals surface area (Å²) in [6.07, 6.45) is -0.674. The largest absolute Gasteiger partial charge is 0.444 e. The third kappa shape index (κ3) is 7.58. The smallest absolute Gasteiger partial charge is 0.408 e. The second-order valence-corrected chi connectivity index (χ2v) is 8.23. The molecule has 1 unspecified atom stereocenters. The topological polar surface area (TPSA) is 87.7 Å². The molecule has 1 aromatic carbocycles. The molecule has 0 aliphatic heterocycles. The molecular weight excluding hydrogens is 358 g/mol. The molecule has 0 spiro atoms. The van der Waals surface area contributed by atoms with E-state index in [1.165, 1.54) is 4.90 Å². The van der Waals surface area contributed by atoms with Gasteiger partial charge in [0.1, 0.15) is 18.2 Å². The van der Waals surface area contributed by atoms with Gasteiger partial charge < -0.3 is 20.3 Å². The van der Waals surface area contributed by atoms with Gasteiger partial charge in [0.2, 0.25) is 11.8 Å². The number of benzene rings is 1. The minimum atomic E-state index is -0.795. The summed E-state index contributed by atoms with van der Waals surface area (Å²) in [7, 11) is 0. The van der Waals surface area contributed by atoms with Crippen LogP contribution in [0.1, 0.15) is 60.1 Å². The maximum atomic E-state index is 12.9. The minimum absolute atomic E-state index is 0.0669. The normalized spacial score (nSPS) is 12.5. The SMILES string of the molecule is CC(C)NC(=O)C(c1ccccc1)N(C(=O)CNC(=O)OC(C)(C)C)C(C)C. The van der Waals surface area contributed by atoms with Gasteiger partial charge >= 0.3 is 6.09 Å². The number of carbonyl (C=O) groups excluding carboxylic acids is 3. The molecule has 0 heterocycles. The summed E-state index contributed by atoms with van der Waals surface area (Å²) in [5.74, 6) is -0.630. The first kappa shape index (κ1) is 23.5. The van der Waals surface area contributed by atoms with Crippen molar-refractivity contribution in [2.24, 2.45) is 0 Å². The Morgan fingerprint density at radius 1 is 1.04 bits per heavy atom. The van der Waals surface area contributed by atoms with E-state index in [9.17, 15) is 14.4 Å². The molecule has 0 aliphatic rings. The lowest BCUT2D eigenvalue weighted by molar-refractivity contribution is -0.142. The second-order valence-electron chi connectivity index (χ2n) is 8.23. The zero-order valence-corrected chi connectivity index (χ0v) is 17.9. The molecule has 0 saturated carbocycles. The Hall–Kier alpha value is -2.57. The van der Waals surface area contributed by atoms with Gasteiger partial charge in [-0.3, -0.25) is 9.59 Å². The maximum absolute atomic E-state index is 12.9. The van der Waals surface area contributed by atoms with Crippen LogP contribution in [0, 0.1) is 0 Å². The monoisotopic (exact) mass is 391 g/mol. The molecule has 3 amide bonds. The first-order chi connectivity index (χ1) is 12.9. The number of carbonyl (C=O) groups is 3. The zero-order chi connectivity index (χ0) is 21.5. The lowest BCUT2D eigenvalue weighted by atomic mass is 10.0. The van der Waals surface area contributed by atoms with E-state index < -0.39 is 17.7 Å². The first-order valence-electron chi connectivity index (χ1n) is 9.55.